The first kappa shape index (κ1) is 12.2. The van der Waals surface area contributed by atoms with Gasteiger partial charge in [0.25, 0.3) is 5.91 Å². The average Bonchev–Trinajstić information content (AvgIpc) is 2.90. The van der Waals surface area contributed by atoms with Crippen LogP contribution in [0.3, 0.4) is 0 Å². The monoisotopic (exact) mass is 269 g/mol. The normalized spacial score (nSPS) is 10.7. The van der Waals surface area contributed by atoms with Crippen molar-refractivity contribution in [3.05, 3.63) is 60.0 Å². The van der Waals surface area contributed by atoms with Crippen LogP contribution in [0.2, 0.25) is 0 Å². The van der Waals surface area contributed by atoms with Gasteiger partial charge in [-0.3, -0.25) is 4.79 Å². The van der Waals surface area contributed by atoms with Crippen LogP contribution < -0.4 is 11.1 Å². The van der Waals surface area contributed by atoms with Crippen LogP contribution in [0, 0.1) is 5.82 Å². The van der Waals surface area contributed by atoms with E-state index in [1.54, 1.807) is 12.1 Å². The number of carbonyl (C=O) groups excluding carboxylic acids is 1. The maximum absolute atomic E-state index is 13.1. The maximum Gasteiger partial charge on any atom is 0.255 e. The van der Waals surface area contributed by atoms with Gasteiger partial charge in [-0.25, -0.2) is 4.39 Å². The first-order valence-corrected chi connectivity index (χ1v) is 6.07. The zero-order chi connectivity index (χ0) is 14.1. The highest BCUT2D eigenvalue weighted by atomic mass is 19.1. The molecule has 3 aromatic rings. The summed E-state index contributed by atoms with van der Waals surface area (Å²) in [6, 6.07) is 11.3. The molecule has 0 unspecified atom stereocenters. The highest BCUT2D eigenvalue weighted by Gasteiger charge is 2.08. The Kier molecular flexibility index (Phi) is 2.87. The van der Waals surface area contributed by atoms with Gasteiger partial charge in [0.1, 0.15) is 5.82 Å². The summed E-state index contributed by atoms with van der Waals surface area (Å²) < 4.78 is 13.1. The van der Waals surface area contributed by atoms with Gasteiger partial charge in [-0.05, 0) is 42.5 Å². The van der Waals surface area contributed by atoms with Crippen molar-refractivity contribution in [1.29, 1.82) is 0 Å². The van der Waals surface area contributed by atoms with Crippen molar-refractivity contribution in [3.8, 4) is 0 Å². The van der Waals surface area contributed by atoms with E-state index in [-0.39, 0.29) is 11.6 Å². The molecular formula is C15H12FN3O. The number of halogens is 1. The summed E-state index contributed by atoms with van der Waals surface area (Å²) >= 11 is 0. The Morgan fingerprint density at radius 2 is 2.00 bits per heavy atom. The predicted molar refractivity (Wildman–Crippen MR) is 77.1 cm³/mol. The Bertz CT molecular complexity index is 795. The number of amides is 1. The summed E-state index contributed by atoms with van der Waals surface area (Å²) in [5.41, 5.74) is 7.42. The minimum atomic E-state index is -0.503. The number of nitrogen functional groups attached to an aromatic ring is 1. The number of H-pyrrole nitrogens is 1. The lowest BCUT2D eigenvalue weighted by Crippen LogP contribution is -2.12. The van der Waals surface area contributed by atoms with E-state index in [9.17, 15) is 9.18 Å². The van der Waals surface area contributed by atoms with E-state index in [0.717, 1.165) is 10.9 Å². The summed E-state index contributed by atoms with van der Waals surface area (Å²) in [5.74, 6) is -0.768. The third kappa shape index (κ3) is 2.21. The molecule has 100 valence electrons. The number of carbonyl (C=O) groups is 1. The minimum absolute atomic E-state index is 0.00360. The third-order valence-corrected chi connectivity index (χ3v) is 3.07. The second kappa shape index (κ2) is 4.70. The molecule has 0 radical (unpaired) electrons. The summed E-state index contributed by atoms with van der Waals surface area (Å²) in [6.07, 6.45) is 1.81. The van der Waals surface area contributed by atoms with E-state index in [1.807, 2.05) is 18.3 Å². The zero-order valence-electron chi connectivity index (χ0n) is 10.5. The summed E-state index contributed by atoms with van der Waals surface area (Å²) in [5, 5.41) is 3.64. The quantitative estimate of drug-likeness (QED) is 0.625. The average molecular weight is 269 g/mol. The molecule has 4 N–H and O–H groups in total. The third-order valence-electron chi connectivity index (χ3n) is 3.07. The van der Waals surface area contributed by atoms with Gasteiger partial charge in [0.2, 0.25) is 0 Å². The molecule has 0 saturated heterocycles. The fourth-order valence-corrected chi connectivity index (χ4v) is 2.02. The molecule has 0 spiro atoms. The fourth-order valence-electron chi connectivity index (χ4n) is 2.02. The van der Waals surface area contributed by atoms with Crippen LogP contribution >= 0.6 is 0 Å². The van der Waals surface area contributed by atoms with Crippen molar-refractivity contribution in [2.75, 3.05) is 11.1 Å². The van der Waals surface area contributed by atoms with E-state index >= 15 is 0 Å². The molecule has 0 bridgehead atoms. The van der Waals surface area contributed by atoms with Crippen LogP contribution in [0.15, 0.2) is 48.7 Å². The molecule has 1 aromatic heterocycles. The number of aromatic nitrogens is 1. The zero-order valence-corrected chi connectivity index (χ0v) is 10.5. The largest absolute Gasteiger partial charge is 0.396 e. The van der Waals surface area contributed by atoms with Crippen LogP contribution in [-0.4, -0.2) is 10.9 Å². The van der Waals surface area contributed by atoms with E-state index in [1.165, 1.54) is 18.2 Å². The number of nitrogens with two attached hydrogens (primary N) is 1. The van der Waals surface area contributed by atoms with Crippen LogP contribution in [-0.2, 0) is 0 Å². The van der Waals surface area contributed by atoms with Crippen LogP contribution in [0.1, 0.15) is 10.4 Å². The topological polar surface area (TPSA) is 70.9 Å². The second-order valence-electron chi connectivity index (χ2n) is 4.47. The maximum atomic E-state index is 13.1. The smallest absolute Gasteiger partial charge is 0.255 e. The fraction of sp³-hybridized carbons (Fsp3) is 0. The lowest BCUT2D eigenvalue weighted by Gasteiger charge is -2.06. The molecule has 0 atom stereocenters. The number of nitrogens with one attached hydrogen (secondary N) is 2. The summed E-state index contributed by atoms with van der Waals surface area (Å²) in [7, 11) is 0. The molecule has 0 aliphatic heterocycles. The molecule has 5 heteroatoms. The van der Waals surface area contributed by atoms with Gasteiger partial charge >= 0.3 is 0 Å². The molecule has 1 amide bonds. The lowest BCUT2D eigenvalue weighted by molar-refractivity contribution is 0.102. The van der Waals surface area contributed by atoms with Crippen molar-refractivity contribution in [2.24, 2.45) is 0 Å². The SMILES string of the molecule is Nc1cc(NC(=O)c2ccc3[nH]ccc3c2)ccc1F. The van der Waals surface area contributed by atoms with Gasteiger partial charge in [0, 0.05) is 28.4 Å². The van der Waals surface area contributed by atoms with Crippen molar-refractivity contribution in [3.63, 3.8) is 0 Å². The van der Waals surface area contributed by atoms with Crippen LogP contribution in [0.25, 0.3) is 10.9 Å². The van der Waals surface area contributed by atoms with Gasteiger partial charge in [0.05, 0.1) is 5.69 Å². The minimum Gasteiger partial charge on any atom is -0.396 e. The molecule has 0 aliphatic rings. The van der Waals surface area contributed by atoms with Gasteiger partial charge in [-0.2, -0.15) is 0 Å². The van der Waals surface area contributed by atoms with Crippen molar-refractivity contribution in [1.82, 2.24) is 4.98 Å². The molecule has 4 nitrogen and oxygen atoms in total. The first-order valence-electron chi connectivity index (χ1n) is 6.07. The number of hydrogen-bond donors (Lipinski definition) is 3. The summed E-state index contributed by atoms with van der Waals surface area (Å²) in [6.45, 7) is 0. The number of hydrogen-bond acceptors (Lipinski definition) is 2. The Morgan fingerprint density at radius 3 is 2.80 bits per heavy atom. The number of benzene rings is 2. The molecular weight excluding hydrogens is 257 g/mol. The molecule has 3 rings (SSSR count). The Hall–Kier alpha value is -2.82. The van der Waals surface area contributed by atoms with E-state index in [4.69, 9.17) is 5.73 Å². The molecule has 0 saturated carbocycles. The van der Waals surface area contributed by atoms with Gasteiger partial charge in [0.15, 0.2) is 0 Å². The van der Waals surface area contributed by atoms with Gasteiger partial charge in [-0.1, -0.05) is 0 Å². The molecule has 0 aliphatic carbocycles. The highest BCUT2D eigenvalue weighted by Crippen LogP contribution is 2.19. The van der Waals surface area contributed by atoms with E-state index < -0.39 is 5.82 Å². The van der Waals surface area contributed by atoms with E-state index in [2.05, 4.69) is 10.3 Å². The Balaban J connectivity index is 1.86. The second-order valence-corrected chi connectivity index (χ2v) is 4.47. The number of fused-ring (bicyclic) bond motifs is 1. The molecule has 0 fully saturated rings. The van der Waals surface area contributed by atoms with Crippen molar-refractivity contribution in [2.45, 2.75) is 0 Å². The standard InChI is InChI=1S/C15H12FN3O/c16-12-3-2-11(8-13(12)17)19-15(20)10-1-4-14-9(7-10)5-6-18-14/h1-8,18H,17H2,(H,19,20). The lowest BCUT2D eigenvalue weighted by atomic mass is 10.1. The Labute approximate surface area is 114 Å². The molecule has 20 heavy (non-hydrogen) atoms. The summed E-state index contributed by atoms with van der Waals surface area (Å²) in [4.78, 5) is 15.2. The molecule has 2 aromatic carbocycles. The predicted octanol–water partition coefficient (Wildman–Crippen LogP) is 3.14. The van der Waals surface area contributed by atoms with Crippen LogP contribution in [0.5, 0.6) is 0 Å². The first-order chi connectivity index (χ1) is 9.63. The van der Waals surface area contributed by atoms with Crippen molar-refractivity contribution < 1.29 is 9.18 Å². The Morgan fingerprint density at radius 1 is 1.15 bits per heavy atom. The van der Waals surface area contributed by atoms with Crippen molar-refractivity contribution >= 4 is 28.2 Å². The number of rotatable bonds is 2. The van der Waals surface area contributed by atoms with Crippen LogP contribution in [0.4, 0.5) is 15.8 Å². The highest BCUT2D eigenvalue weighted by molar-refractivity contribution is 6.06. The van der Waals surface area contributed by atoms with Gasteiger partial charge in [-0.15, -0.1) is 0 Å². The van der Waals surface area contributed by atoms with E-state index in [0.29, 0.717) is 11.3 Å². The number of aromatic amines is 1. The number of anilines is 2. The molecule has 1 heterocycles. The van der Waals surface area contributed by atoms with Gasteiger partial charge < -0.3 is 16.0 Å².